The van der Waals surface area contributed by atoms with E-state index in [0.717, 1.165) is 32.1 Å². The summed E-state index contributed by atoms with van der Waals surface area (Å²) in [5, 5.41) is 12.9. The maximum atomic E-state index is 12.5. The van der Waals surface area contributed by atoms with E-state index < -0.39 is 6.10 Å². The summed E-state index contributed by atoms with van der Waals surface area (Å²) in [6, 6.07) is 10.2. The van der Waals surface area contributed by atoms with E-state index in [-0.39, 0.29) is 11.3 Å². The molecule has 0 bridgehead atoms. The number of carbonyl (C=O) groups excluding carboxylic acids is 1. The number of carbonyl (C=O) groups is 1. The highest BCUT2D eigenvalue weighted by atomic mass is 16.3. The van der Waals surface area contributed by atoms with Crippen molar-refractivity contribution >= 4 is 5.91 Å². The summed E-state index contributed by atoms with van der Waals surface area (Å²) in [6.07, 6.45) is 4.12. The van der Waals surface area contributed by atoms with Crippen LogP contribution in [0.3, 0.4) is 0 Å². The second kappa shape index (κ2) is 7.08. The molecule has 0 spiro atoms. The highest BCUT2D eigenvalue weighted by molar-refractivity contribution is 5.83. The Labute approximate surface area is 127 Å². The van der Waals surface area contributed by atoms with E-state index in [2.05, 4.69) is 31.3 Å². The maximum Gasteiger partial charge on any atom is 0.226 e. The van der Waals surface area contributed by atoms with Crippen LogP contribution in [-0.4, -0.2) is 23.7 Å². The number of nitrogens with one attached hydrogen (secondary N) is 1. The van der Waals surface area contributed by atoms with Gasteiger partial charge in [0.1, 0.15) is 0 Å². The lowest BCUT2D eigenvalue weighted by molar-refractivity contribution is -0.136. The first-order valence-electron chi connectivity index (χ1n) is 8.02. The van der Waals surface area contributed by atoms with Gasteiger partial charge in [-0.3, -0.25) is 4.79 Å². The lowest BCUT2D eigenvalue weighted by Crippen LogP contribution is -2.49. The van der Waals surface area contributed by atoms with Gasteiger partial charge >= 0.3 is 0 Å². The molecule has 1 unspecified atom stereocenters. The molecule has 0 aromatic heterocycles. The van der Waals surface area contributed by atoms with Crippen molar-refractivity contribution < 1.29 is 9.90 Å². The van der Waals surface area contributed by atoms with Crippen molar-refractivity contribution in [2.75, 3.05) is 6.54 Å². The third-order valence-corrected chi connectivity index (χ3v) is 4.42. The average Bonchev–Trinajstić information content (AvgIpc) is 2.40. The fraction of sp³-hybridized carbons (Fsp3) is 0.611. The minimum Gasteiger partial charge on any atom is -0.391 e. The smallest absolute Gasteiger partial charge is 0.226 e. The van der Waals surface area contributed by atoms with E-state index in [0.29, 0.717) is 12.5 Å². The van der Waals surface area contributed by atoms with Crippen molar-refractivity contribution in [3.63, 3.8) is 0 Å². The second-order valence-corrected chi connectivity index (χ2v) is 6.79. The van der Waals surface area contributed by atoms with E-state index in [9.17, 15) is 9.90 Å². The lowest BCUT2D eigenvalue weighted by Gasteiger charge is -2.40. The van der Waals surface area contributed by atoms with Crippen LogP contribution in [0.2, 0.25) is 0 Å². The Morgan fingerprint density at radius 3 is 2.48 bits per heavy atom. The first kappa shape index (κ1) is 16.0. The standard InChI is InChI=1S/C18H27NO2/c1-14(2)11-16(20)13-19-17(21)18(9-6-10-18)12-15-7-4-3-5-8-15/h3-5,7-8,14,16,20H,6,9-13H2,1-2H3,(H,19,21). The van der Waals surface area contributed by atoms with Crippen molar-refractivity contribution in [3.05, 3.63) is 35.9 Å². The highest BCUT2D eigenvalue weighted by Gasteiger charge is 2.43. The Morgan fingerprint density at radius 1 is 1.29 bits per heavy atom. The largest absolute Gasteiger partial charge is 0.391 e. The van der Waals surface area contributed by atoms with Crippen LogP contribution in [0.25, 0.3) is 0 Å². The molecule has 1 aromatic carbocycles. The summed E-state index contributed by atoms with van der Waals surface area (Å²) in [6.45, 7) is 4.52. The maximum absolute atomic E-state index is 12.5. The van der Waals surface area contributed by atoms with E-state index in [1.54, 1.807) is 0 Å². The van der Waals surface area contributed by atoms with Gasteiger partial charge < -0.3 is 10.4 Å². The topological polar surface area (TPSA) is 49.3 Å². The predicted octanol–water partition coefficient (Wildman–Crippen LogP) is 2.92. The molecule has 2 N–H and O–H groups in total. The van der Waals surface area contributed by atoms with Crippen LogP contribution in [0.15, 0.2) is 30.3 Å². The summed E-state index contributed by atoms with van der Waals surface area (Å²) < 4.78 is 0. The molecule has 116 valence electrons. The lowest BCUT2D eigenvalue weighted by atomic mass is 9.64. The van der Waals surface area contributed by atoms with Crippen molar-refractivity contribution in [1.82, 2.24) is 5.32 Å². The van der Waals surface area contributed by atoms with Crippen molar-refractivity contribution in [2.45, 2.75) is 52.1 Å². The van der Waals surface area contributed by atoms with Gasteiger partial charge in [0.05, 0.1) is 11.5 Å². The average molecular weight is 289 g/mol. The third-order valence-electron chi connectivity index (χ3n) is 4.42. The van der Waals surface area contributed by atoms with Crippen LogP contribution in [0.4, 0.5) is 0 Å². The first-order valence-corrected chi connectivity index (χ1v) is 8.02. The fourth-order valence-corrected chi connectivity index (χ4v) is 3.10. The monoisotopic (exact) mass is 289 g/mol. The zero-order chi connectivity index (χ0) is 15.3. The van der Waals surface area contributed by atoms with Crippen LogP contribution in [0.1, 0.15) is 45.1 Å². The van der Waals surface area contributed by atoms with Gasteiger partial charge in [-0.15, -0.1) is 0 Å². The highest BCUT2D eigenvalue weighted by Crippen LogP contribution is 2.43. The van der Waals surface area contributed by atoms with Crippen LogP contribution < -0.4 is 5.32 Å². The van der Waals surface area contributed by atoms with Gasteiger partial charge in [-0.2, -0.15) is 0 Å². The summed E-state index contributed by atoms with van der Waals surface area (Å²) in [4.78, 5) is 12.5. The minimum absolute atomic E-state index is 0.111. The van der Waals surface area contributed by atoms with Gasteiger partial charge in [0.15, 0.2) is 0 Å². The quantitative estimate of drug-likeness (QED) is 0.811. The van der Waals surface area contributed by atoms with Crippen LogP contribution in [0, 0.1) is 11.3 Å². The van der Waals surface area contributed by atoms with Gasteiger partial charge in [-0.25, -0.2) is 0 Å². The van der Waals surface area contributed by atoms with E-state index >= 15 is 0 Å². The zero-order valence-corrected chi connectivity index (χ0v) is 13.1. The van der Waals surface area contributed by atoms with E-state index in [4.69, 9.17) is 0 Å². The molecule has 2 rings (SSSR count). The molecule has 3 heteroatoms. The van der Waals surface area contributed by atoms with Gasteiger partial charge in [-0.05, 0) is 37.2 Å². The Balaban J connectivity index is 1.89. The molecule has 1 aliphatic carbocycles. The molecule has 1 saturated carbocycles. The minimum atomic E-state index is -0.442. The van der Waals surface area contributed by atoms with Gasteiger partial charge in [0.25, 0.3) is 0 Å². The molecule has 1 fully saturated rings. The zero-order valence-electron chi connectivity index (χ0n) is 13.1. The van der Waals surface area contributed by atoms with E-state index in [1.165, 1.54) is 5.56 Å². The van der Waals surface area contributed by atoms with E-state index in [1.807, 2.05) is 18.2 Å². The second-order valence-electron chi connectivity index (χ2n) is 6.79. The Morgan fingerprint density at radius 2 is 1.95 bits per heavy atom. The first-order chi connectivity index (χ1) is 10.0. The van der Waals surface area contributed by atoms with Crippen molar-refractivity contribution in [1.29, 1.82) is 0 Å². The molecule has 1 amide bonds. The van der Waals surface area contributed by atoms with Gasteiger partial charge in [0.2, 0.25) is 5.91 Å². The summed E-state index contributed by atoms with van der Waals surface area (Å²) in [7, 11) is 0. The van der Waals surface area contributed by atoms with Crippen LogP contribution in [-0.2, 0) is 11.2 Å². The molecule has 0 aliphatic heterocycles. The molecule has 21 heavy (non-hydrogen) atoms. The number of amides is 1. The van der Waals surface area contributed by atoms with Crippen LogP contribution >= 0.6 is 0 Å². The summed E-state index contributed by atoms with van der Waals surface area (Å²) in [5.74, 6) is 0.555. The number of benzene rings is 1. The molecular weight excluding hydrogens is 262 g/mol. The van der Waals surface area contributed by atoms with Crippen molar-refractivity contribution in [3.8, 4) is 0 Å². The summed E-state index contributed by atoms with van der Waals surface area (Å²) >= 11 is 0. The van der Waals surface area contributed by atoms with Gasteiger partial charge in [-0.1, -0.05) is 50.6 Å². The molecule has 1 atom stereocenters. The van der Waals surface area contributed by atoms with Gasteiger partial charge in [0, 0.05) is 6.54 Å². The molecular formula is C18H27NO2. The normalized spacial score (nSPS) is 18.1. The fourth-order valence-electron chi connectivity index (χ4n) is 3.10. The number of hydrogen-bond donors (Lipinski definition) is 2. The molecule has 0 saturated heterocycles. The molecule has 1 aromatic rings. The summed E-state index contributed by atoms with van der Waals surface area (Å²) in [5.41, 5.74) is 0.967. The number of rotatable bonds is 7. The molecule has 0 heterocycles. The molecule has 1 aliphatic rings. The number of aliphatic hydroxyl groups excluding tert-OH is 1. The Bertz CT molecular complexity index is 452. The third kappa shape index (κ3) is 4.31. The SMILES string of the molecule is CC(C)CC(O)CNC(=O)C1(Cc2ccccc2)CCC1. The van der Waals surface area contributed by atoms with Crippen LogP contribution in [0.5, 0.6) is 0 Å². The molecule has 3 nitrogen and oxygen atoms in total. The number of aliphatic hydroxyl groups is 1. The predicted molar refractivity (Wildman–Crippen MR) is 84.9 cm³/mol. The van der Waals surface area contributed by atoms with Crippen molar-refractivity contribution in [2.24, 2.45) is 11.3 Å². The molecule has 0 radical (unpaired) electrons. The Hall–Kier alpha value is -1.35. The number of hydrogen-bond acceptors (Lipinski definition) is 2. The Kier molecular flexibility index (Phi) is 5.40.